The summed E-state index contributed by atoms with van der Waals surface area (Å²) in [7, 11) is 0. The van der Waals surface area contributed by atoms with Crippen molar-refractivity contribution < 1.29 is 13.5 Å². The number of halogens is 2. The van der Waals surface area contributed by atoms with E-state index in [9.17, 15) is 8.78 Å². The van der Waals surface area contributed by atoms with E-state index in [4.69, 9.17) is 4.74 Å². The van der Waals surface area contributed by atoms with Gasteiger partial charge in [-0.2, -0.15) is 5.10 Å². The van der Waals surface area contributed by atoms with E-state index in [1.54, 1.807) is 6.20 Å². The lowest BCUT2D eigenvalue weighted by molar-refractivity contribution is -0.0585. The number of ether oxygens (including phenoxy) is 1. The Morgan fingerprint density at radius 1 is 1.56 bits per heavy atom. The van der Waals surface area contributed by atoms with Crippen LogP contribution >= 0.6 is 0 Å². The van der Waals surface area contributed by atoms with Crippen molar-refractivity contribution in [3.8, 4) is 5.75 Å². The number of aromatic nitrogens is 2. The van der Waals surface area contributed by atoms with Crippen molar-refractivity contribution in [1.82, 2.24) is 9.78 Å². The smallest absolute Gasteiger partial charge is 0.248 e. The van der Waals surface area contributed by atoms with Crippen LogP contribution in [0, 0.1) is 5.92 Å². The first-order valence-electron chi connectivity index (χ1n) is 6.62. The van der Waals surface area contributed by atoms with Crippen LogP contribution in [0.5, 0.6) is 5.75 Å². The first-order valence-corrected chi connectivity index (χ1v) is 6.62. The summed E-state index contributed by atoms with van der Waals surface area (Å²) in [5, 5.41) is 4.14. The number of nitrogens with zero attached hydrogens (tertiary/aromatic N) is 2. The highest BCUT2D eigenvalue weighted by molar-refractivity contribution is 5.11. The highest BCUT2D eigenvalue weighted by atomic mass is 19.3. The van der Waals surface area contributed by atoms with Crippen LogP contribution in [0.4, 0.5) is 8.78 Å². The third-order valence-corrected chi connectivity index (χ3v) is 3.29. The standard InChI is InChI=1S/C13H20F2N2O/c1-2-6-17-9-12(8-16-17)18-10-11-4-3-5-13(14,15)7-11/h8-9,11H,2-7,10H2,1H3. The van der Waals surface area contributed by atoms with Gasteiger partial charge in [-0.1, -0.05) is 6.92 Å². The second kappa shape index (κ2) is 5.67. The summed E-state index contributed by atoms with van der Waals surface area (Å²) >= 11 is 0. The van der Waals surface area contributed by atoms with Gasteiger partial charge < -0.3 is 4.74 Å². The van der Waals surface area contributed by atoms with Crippen LogP contribution in [0.1, 0.15) is 39.0 Å². The van der Waals surface area contributed by atoms with Gasteiger partial charge in [0.05, 0.1) is 19.0 Å². The first-order chi connectivity index (χ1) is 8.59. The molecule has 1 aliphatic carbocycles. The van der Waals surface area contributed by atoms with E-state index in [-0.39, 0.29) is 18.8 Å². The highest BCUT2D eigenvalue weighted by Gasteiger charge is 2.36. The van der Waals surface area contributed by atoms with Crippen molar-refractivity contribution in [3.63, 3.8) is 0 Å². The second-order valence-corrected chi connectivity index (χ2v) is 5.07. The molecule has 1 aromatic rings. The van der Waals surface area contributed by atoms with E-state index < -0.39 is 5.92 Å². The molecule has 102 valence electrons. The molecule has 1 fully saturated rings. The third-order valence-electron chi connectivity index (χ3n) is 3.29. The van der Waals surface area contributed by atoms with Gasteiger partial charge in [0.1, 0.15) is 0 Å². The van der Waals surface area contributed by atoms with Crippen LogP contribution < -0.4 is 4.74 Å². The lowest BCUT2D eigenvalue weighted by atomic mass is 9.87. The van der Waals surface area contributed by atoms with Crippen LogP contribution in [0.2, 0.25) is 0 Å². The molecule has 0 amide bonds. The zero-order chi connectivity index (χ0) is 13.0. The number of hydrogen-bond acceptors (Lipinski definition) is 2. The summed E-state index contributed by atoms with van der Waals surface area (Å²) in [5.74, 6) is -1.86. The fraction of sp³-hybridized carbons (Fsp3) is 0.769. The minimum Gasteiger partial charge on any atom is -0.490 e. The molecular formula is C13H20F2N2O. The number of rotatable bonds is 5. The monoisotopic (exact) mass is 258 g/mol. The molecule has 0 bridgehead atoms. The van der Waals surface area contributed by atoms with Gasteiger partial charge in [0.2, 0.25) is 5.92 Å². The molecule has 1 atom stereocenters. The number of hydrogen-bond donors (Lipinski definition) is 0. The van der Waals surface area contributed by atoms with Gasteiger partial charge in [-0.15, -0.1) is 0 Å². The van der Waals surface area contributed by atoms with Crippen LogP contribution in [-0.2, 0) is 6.54 Å². The van der Waals surface area contributed by atoms with Crippen LogP contribution in [0.15, 0.2) is 12.4 Å². The van der Waals surface area contributed by atoms with E-state index in [0.717, 1.165) is 19.4 Å². The van der Waals surface area contributed by atoms with Gasteiger partial charge in [0.25, 0.3) is 0 Å². The predicted octanol–water partition coefficient (Wildman–Crippen LogP) is 3.50. The summed E-state index contributed by atoms with van der Waals surface area (Å²) < 4.78 is 33.8. The Morgan fingerprint density at radius 3 is 3.11 bits per heavy atom. The van der Waals surface area contributed by atoms with Crippen molar-refractivity contribution in [3.05, 3.63) is 12.4 Å². The van der Waals surface area contributed by atoms with Crippen molar-refractivity contribution in [1.29, 1.82) is 0 Å². The molecule has 0 N–H and O–H groups in total. The molecule has 1 heterocycles. The molecule has 2 rings (SSSR count). The van der Waals surface area contributed by atoms with Gasteiger partial charge in [0, 0.05) is 19.4 Å². The molecule has 18 heavy (non-hydrogen) atoms. The maximum atomic E-state index is 13.2. The highest BCUT2D eigenvalue weighted by Crippen LogP contribution is 2.36. The first kappa shape index (κ1) is 13.3. The van der Waals surface area contributed by atoms with Crippen molar-refractivity contribution in [2.75, 3.05) is 6.61 Å². The molecule has 1 aliphatic rings. The van der Waals surface area contributed by atoms with E-state index in [1.165, 1.54) is 0 Å². The Hall–Kier alpha value is -1.13. The normalized spacial score (nSPS) is 22.9. The molecule has 1 unspecified atom stereocenters. The molecule has 0 aliphatic heterocycles. The number of aryl methyl sites for hydroxylation is 1. The van der Waals surface area contributed by atoms with Gasteiger partial charge >= 0.3 is 0 Å². The molecule has 0 aromatic carbocycles. The minimum absolute atomic E-state index is 0.0257. The van der Waals surface area contributed by atoms with Gasteiger partial charge in [-0.3, -0.25) is 4.68 Å². The van der Waals surface area contributed by atoms with Gasteiger partial charge in [-0.25, -0.2) is 8.78 Å². The summed E-state index contributed by atoms with van der Waals surface area (Å²) in [6.07, 6.45) is 5.89. The Bertz CT molecular complexity index is 379. The summed E-state index contributed by atoms with van der Waals surface area (Å²) in [6, 6.07) is 0. The maximum Gasteiger partial charge on any atom is 0.248 e. The quantitative estimate of drug-likeness (QED) is 0.808. The third kappa shape index (κ3) is 3.68. The molecule has 0 saturated heterocycles. The largest absolute Gasteiger partial charge is 0.490 e. The van der Waals surface area contributed by atoms with E-state index in [0.29, 0.717) is 18.8 Å². The average molecular weight is 258 g/mol. The Kier molecular flexibility index (Phi) is 4.19. The summed E-state index contributed by atoms with van der Waals surface area (Å²) in [6.45, 7) is 3.30. The molecule has 1 saturated carbocycles. The summed E-state index contributed by atoms with van der Waals surface area (Å²) in [4.78, 5) is 0. The minimum atomic E-state index is -2.50. The molecule has 0 spiro atoms. The lowest BCUT2D eigenvalue weighted by Crippen LogP contribution is -2.29. The molecular weight excluding hydrogens is 238 g/mol. The van der Waals surface area contributed by atoms with Crippen molar-refractivity contribution in [2.24, 2.45) is 5.92 Å². The van der Waals surface area contributed by atoms with Crippen molar-refractivity contribution >= 4 is 0 Å². The number of alkyl halides is 2. The fourth-order valence-corrected chi connectivity index (χ4v) is 2.40. The zero-order valence-electron chi connectivity index (χ0n) is 10.7. The zero-order valence-corrected chi connectivity index (χ0v) is 10.7. The van der Waals surface area contributed by atoms with E-state index >= 15 is 0 Å². The molecule has 3 nitrogen and oxygen atoms in total. The predicted molar refractivity (Wildman–Crippen MR) is 64.9 cm³/mol. The molecule has 0 radical (unpaired) electrons. The van der Waals surface area contributed by atoms with Gasteiger partial charge in [0.15, 0.2) is 5.75 Å². The van der Waals surface area contributed by atoms with Crippen LogP contribution in [0.3, 0.4) is 0 Å². The maximum absolute atomic E-state index is 13.2. The second-order valence-electron chi connectivity index (χ2n) is 5.07. The van der Waals surface area contributed by atoms with Crippen LogP contribution in [0.25, 0.3) is 0 Å². The fourth-order valence-electron chi connectivity index (χ4n) is 2.40. The average Bonchev–Trinajstić information content (AvgIpc) is 2.74. The Labute approximate surface area is 106 Å². The van der Waals surface area contributed by atoms with E-state index in [2.05, 4.69) is 12.0 Å². The molecule has 5 heteroatoms. The lowest BCUT2D eigenvalue weighted by Gasteiger charge is -2.28. The van der Waals surface area contributed by atoms with Crippen molar-refractivity contribution in [2.45, 2.75) is 51.5 Å². The Morgan fingerprint density at radius 2 is 2.39 bits per heavy atom. The summed E-state index contributed by atoms with van der Waals surface area (Å²) in [5.41, 5.74) is 0. The van der Waals surface area contributed by atoms with E-state index in [1.807, 2.05) is 10.9 Å². The van der Waals surface area contributed by atoms with Crippen LogP contribution in [-0.4, -0.2) is 22.3 Å². The topological polar surface area (TPSA) is 27.1 Å². The Balaban J connectivity index is 1.79. The SMILES string of the molecule is CCCn1cc(OCC2CCCC(F)(F)C2)cn1. The molecule has 1 aromatic heterocycles. The van der Waals surface area contributed by atoms with Gasteiger partial charge in [-0.05, 0) is 25.2 Å².